The second kappa shape index (κ2) is 6.73. The molecule has 9 nitrogen and oxygen atoms in total. The Balaban J connectivity index is 1.65. The van der Waals surface area contributed by atoms with Gasteiger partial charge in [0.25, 0.3) is 10.0 Å². The van der Waals surface area contributed by atoms with E-state index in [-0.39, 0.29) is 5.03 Å². The topological polar surface area (TPSA) is 96.2 Å². The van der Waals surface area contributed by atoms with Gasteiger partial charge in [0.1, 0.15) is 5.82 Å². The SMILES string of the molecule is CCNc1ccc(N2CCN(S(=O)(=O)c3cn(C)cn3)CC2)nn1. The number of anilines is 2. The molecule has 1 fully saturated rings. The summed E-state index contributed by atoms with van der Waals surface area (Å²) in [5, 5.41) is 11.5. The van der Waals surface area contributed by atoms with Crippen LogP contribution in [-0.2, 0) is 17.1 Å². The predicted molar refractivity (Wildman–Crippen MR) is 90.4 cm³/mol. The molecule has 24 heavy (non-hydrogen) atoms. The third-order valence-electron chi connectivity index (χ3n) is 3.86. The number of aryl methyl sites for hydroxylation is 1. The van der Waals surface area contributed by atoms with Gasteiger partial charge in [0.05, 0.1) is 6.33 Å². The summed E-state index contributed by atoms with van der Waals surface area (Å²) in [5.74, 6) is 1.49. The maximum absolute atomic E-state index is 12.6. The van der Waals surface area contributed by atoms with E-state index in [1.165, 1.54) is 16.8 Å². The maximum atomic E-state index is 12.6. The standard InChI is InChI=1S/C14H21N7O2S/c1-3-15-12-4-5-13(18-17-12)20-6-8-21(9-7-20)24(22,23)14-10-19(2)11-16-14/h4-5,10-11H,3,6-9H2,1-2H3,(H,15,17). The second-order valence-corrected chi connectivity index (χ2v) is 7.46. The van der Waals surface area contributed by atoms with Crippen LogP contribution in [0.5, 0.6) is 0 Å². The molecular weight excluding hydrogens is 330 g/mol. The van der Waals surface area contributed by atoms with Crippen molar-refractivity contribution >= 4 is 21.7 Å². The molecule has 1 N–H and O–H groups in total. The average molecular weight is 351 g/mol. The number of hydrogen-bond donors (Lipinski definition) is 1. The van der Waals surface area contributed by atoms with Crippen molar-refractivity contribution in [1.29, 1.82) is 0 Å². The Morgan fingerprint density at radius 1 is 1.17 bits per heavy atom. The molecule has 0 saturated carbocycles. The van der Waals surface area contributed by atoms with E-state index in [9.17, 15) is 8.42 Å². The van der Waals surface area contributed by atoms with Crippen LogP contribution < -0.4 is 10.2 Å². The Labute approximate surface area is 141 Å². The van der Waals surface area contributed by atoms with E-state index < -0.39 is 10.0 Å². The fourth-order valence-electron chi connectivity index (χ4n) is 2.58. The first-order chi connectivity index (χ1) is 11.5. The summed E-state index contributed by atoms with van der Waals surface area (Å²) >= 11 is 0. The van der Waals surface area contributed by atoms with Gasteiger partial charge in [-0.05, 0) is 19.1 Å². The van der Waals surface area contributed by atoms with Gasteiger partial charge in [-0.2, -0.15) is 4.31 Å². The van der Waals surface area contributed by atoms with Crippen molar-refractivity contribution in [3.05, 3.63) is 24.7 Å². The van der Waals surface area contributed by atoms with Crippen LogP contribution in [0.4, 0.5) is 11.6 Å². The molecule has 0 amide bonds. The molecule has 0 spiro atoms. The molecular formula is C14H21N7O2S. The summed E-state index contributed by atoms with van der Waals surface area (Å²) in [7, 11) is -1.78. The highest BCUT2D eigenvalue weighted by Crippen LogP contribution is 2.19. The molecule has 0 unspecified atom stereocenters. The van der Waals surface area contributed by atoms with Gasteiger partial charge in [-0.25, -0.2) is 13.4 Å². The number of nitrogens with one attached hydrogen (secondary N) is 1. The fourth-order valence-corrected chi connectivity index (χ4v) is 3.97. The molecule has 10 heteroatoms. The molecule has 0 aliphatic carbocycles. The largest absolute Gasteiger partial charge is 0.369 e. The van der Waals surface area contributed by atoms with E-state index >= 15 is 0 Å². The fraction of sp³-hybridized carbons (Fsp3) is 0.500. The van der Waals surface area contributed by atoms with Crippen LogP contribution in [0.25, 0.3) is 0 Å². The van der Waals surface area contributed by atoms with Crippen molar-refractivity contribution in [2.75, 3.05) is 42.9 Å². The van der Waals surface area contributed by atoms with Crippen LogP contribution in [0.3, 0.4) is 0 Å². The first-order valence-corrected chi connectivity index (χ1v) is 9.25. The maximum Gasteiger partial charge on any atom is 0.262 e. The minimum atomic E-state index is -3.53. The van der Waals surface area contributed by atoms with Gasteiger partial charge in [0, 0.05) is 46.0 Å². The third-order valence-corrected chi connectivity index (χ3v) is 5.64. The Kier molecular flexibility index (Phi) is 4.67. The van der Waals surface area contributed by atoms with Gasteiger partial charge in [-0.1, -0.05) is 0 Å². The van der Waals surface area contributed by atoms with Crippen LogP contribution in [-0.4, -0.2) is 65.2 Å². The zero-order valence-electron chi connectivity index (χ0n) is 13.8. The molecule has 1 aliphatic rings. The average Bonchev–Trinajstić information content (AvgIpc) is 3.03. The Morgan fingerprint density at radius 3 is 2.46 bits per heavy atom. The first-order valence-electron chi connectivity index (χ1n) is 7.81. The van der Waals surface area contributed by atoms with Crippen LogP contribution in [0, 0.1) is 0 Å². The van der Waals surface area contributed by atoms with Crippen molar-refractivity contribution in [1.82, 2.24) is 24.1 Å². The number of hydrogen-bond acceptors (Lipinski definition) is 7. The van der Waals surface area contributed by atoms with Gasteiger partial charge in [0.15, 0.2) is 10.8 Å². The van der Waals surface area contributed by atoms with E-state index in [0.717, 1.165) is 18.2 Å². The van der Waals surface area contributed by atoms with Gasteiger partial charge in [-0.15, -0.1) is 10.2 Å². The zero-order chi connectivity index (χ0) is 17.2. The summed E-state index contributed by atoms with van der Waals surface area (Å²) in [6, 6.07) is 3.77. The van der Waals surface area contributed by atoms with Crippen molar-refractivity contribution in [2.45, 2.75) is 11.9 Å². The Hall–Kier alpha value is -2.20. The molecule has 1 saturated heterocycles. The molecule has 2 aromatic rings. The smallest absolute Gasteiger partial charge is 0.262 e. The summed E-state index contributed by atoms with van der Waals surface area (Å²) in [6.07, 6.45) is 3.01. The van der Waals surface area contributed by atoms with Crippen LogP contribution in [0.2, 0.25) is 0 Å². The van der Waals surface area contributed by atoms with Crippen molar-refractivity contribution < 1.29 is 8.42 Å². The van der Waals surface area contributed by atoms with Gasteiger partial charge in [0.2, 0.25) is 0 Å². The number of imidazole rings is 1. The highest BCUT2D eigenvalue weighted by molar-refractivity contribution is 7.89. The minimum Gasteiger partial charge on any atom is -0.369 e. The van der Waals surface area contributed by atoms with Gasteiger partial charge < -0.3 is 14.8 Å². The lowest BCUT2D eigenvalue weighted by Crippen LogP contribution is -2.49. The summed E-state index contributed by atoms with van der Waals surface area (Å²) in [5.41, 5.74) is 0. The summed E-state index contributed by atoms with van der Waals surface area (Å²) in [4.78, 5) is 5.99. The number of aromatic nitrogens is 4. The predicted octanol–water partition coefficient (Wildman–Crippen LogP) is 0.153. The number of nitrogens with zero attached hydrogens (tertiary/aromatic N) is 6. The lowest BCUT2D eigenvalue weighted by atomic mass is 10.3. The van der Waals surface area contributed by atoms with E-state index in [4.69, 9.17) is 0 Å². The first kappa shape index (κ1) is 16.7. The molecule has 3 rings (SSSR count). The van der Waals surface area contributed by atoms with Crippen LogP contribution in [0.15, 0.2) is 29.7 Å². The Bertz CT molecular complexity index is 780. The third kappa shape index (κ3) is 3.34. The highest BCUT2D eigenvalue weighted by Gasteiger charge is 2.30. The zero-order valence-corrected chi connectivity index (χ0v) is 14.6. The molecule has 0 bridgehead atoms. The molecule has 130 valence electrons. The van der Waals surface area contributed by atoms with Gasteiger partial charge in [-0.3, -0.25) is 0 Å². The molecule has 0 atom stereocenters. The molecule has 1 aliphatic heterocycles. The monoisotopic (exact) mass is 351 g/mol. The number of sulfonamides is 1. The highest BCUT2D eigenvalue weighted by atomic mass is 32.2. The van der Waals surface area contributed by atoms with Crippen molar-refractivity contribution in [3.63, 3.8) is 0 Å². The second-order valence-electron chi connectivity index (χ2n) is 5.58. The summed E-state index contributed by atoms with van der Waals surface area (Å²) < 4.78 is 28.2. The number of rotatable bonds is 5. The van der Waals surface area contributed by atoms with Crippen LogP contribution >= 0.6 is 0 Å². The van der Waals surface area contributed by atoms with Crippen molar-refractivity contribution in [3.8, 4) is 0 Å². The van der Waals surface area contributed by atoms with E-state index in [1.807, 2.05) is 24.0 Å². The van der Waals surface area contributed by atoms with E-state index in [1.54, 1.807) is 11.6 Å². The molecule has 2 aromatic heterocycles. The number of piperazine rings is 1. The molecule has 3 heterocycles. The minimum absolute atomic E-state index is 0.0910. The lowest BCUT2D eigenvalue weighted by Gasteiger charge is -2.33. The summed E-state index contributed by atoms with van der Waals surface area (Å²) in [6.45, 7) is 4.72. The van der Waals surface area contributed by atoms with Crippen molar-refractivity contribution in [2.24, 2.45) is 7.05 Å². The van der Waals surface area contributed by atoms with Crippen LogP contribution in [0.1, 0.15) is 6.92 Å². The van der Waals surface area contributed by atoms with E-state index in [2.05, 4.69) is 20.5 Å². The normalized spacial score (nSPS) is 16.3. The van der Waals surface area contributed by atoms with Gasteiger partial charge >= 0.3 is 0 Å². The molecule has 0 aromatic carbocycles. The lowest BCUT2D eigenvalue weighted by molar-refractivity contribution is 0.382. The Morgan fingerprint density at radius 2 is 1.92 bits per heavy atom. The van der Waals surface area contributed by atoms with E-state index in [0.29, 0.717) is 26.2 Å². The molecule has 0 radical (unpaired) electrons. The quantitative estimate of drug-likeness (QED) is 0.819.